The van der Waals surface area contributed by atoms with Crippen LogP contribution in [0.25, 0.3) is 0 Å². The molecule has 0 saturated heterocycles. The zero-order valence-corrected chi connectivity index (χ0v) is 21.4. The van der Waals surface area contributed by atoms with Crippen LogP contribution in [-0.2, 0) is 22.5 Å². The maximum absolute atomic E-state index is 13.6. The quantitative estimate of drug-likeness (QED) is 0.235. The Labute approximate surface area is 225 Å². The number of carbonyl (C=O) groups is 1. The summed E-state index contributed by atoms with van der Waals surface area (Å²) in [5, 5.41) is 5.09. The maximum atomic E-state index is 13.6. The van der Waals surface area contributed by atoms with Crippen molar-refractivity contribution in [2.24, 2.45) is 5.10 Å². The lowest BCUT2D eigenvalue weighted by atomic mass is 9.76. The van der Waals surface area contributed by atoms with Crippen molar-refractivity contribution in [3.63, 3.8) is 0 Å². The van der Waals surface area contributed by atoms with Crippen molar-refractivity contribution < 1.29 is 35.9 Å². The lowest BCUT2D eigenvalue weighted by Gasteiger charge is -2.29. The summed E-state index contributed by atoms with van der Waals surface area (Å²) in [6, 6.07) is 15.5. The monoisotopic (exact) mass is 569 g/mol. The van der Waals surface area contributed by atoms with E-state index in [-0.39, 0.29) is 24.5 Å². The molecule has 0 aliphatic carbocycles. The van der Waals surface area contributed by atoms with Crippen molar-refractivity contribution >= 4 is 29.0 Å². The van der Waals surface area contributed by atoms with Gasteiger partial charge < -0.3 is 4.74 Å². The molecule has 0 bridgehead atoms. The Morgan fingerprint density at radius 1 is 1.00 bits per heavy atom. The molecule has 206 valence electrons. The van der Waals surface area contributed by atoms with Crippen molar-refractivity contribution in [2.45, 2.75) is 24.7 Å². The van der Waals surface area contributed by atoms with Crippen molar-refractivity contribution in [3.8, 4) is 0 Å². The Morgan fingerprint density at radius 2 is 1.64 bits per heavy atom. The average molecular weight is 570 g/mol. The first-order valence-electron chi connectivity index (χ1n) is 11.5. The Bertz CT molecular complexity index is 1380. The molecule has 0 spiro atoms. The van der Waals surface area contributed by atoms with Crippen LogP contribution in [-0.4, -0.2) is 37.1 Å². The van der Waals surface area contributed by atoms with E-state index in [9.17, 15) is 31.1 Å². The van der Waals surface area contributed by atoms with Crippen LogP contribution in [0.1, 0.15) is 29.2 Å². The molecule has 1 unspecified atom stereocenters. The zero-order valence-electron chi connectivity index (χ0n) is 20.6. The third kappa shape index (κ3) is 5.74. The highest BCUT2D eigenvalue weighted by Crippen LogP contribution is 2.39. The fraction of sp³-hybridized carbons (Fsp3) is 0.259. The number of amides is 2. The first kappa shape index (κ1) is 28.4. The third-order valence-corrected chi connectivity index (χ3v) is 6.70. The van der Waals surface area contributed by atoms with Gasteiger partial charge in [-0.25, -0.2) is 9.80 Å². The second-order valence-electron chi connectivity index (χ2n) is 9.07. The highest BCUT2D eigenvalue weighted by atomic mass is 35.5. The fourth-order valence-electron chi connectivity index (χ4n) is 4.39. The Morgan fingerprint density at radius 3 is 2.18 bits per heavy atom. The van der Waals surface area contributed by atoms with E-state index < -0.39 is 39.9 Å². The van der Waals surface area contributed by atoms with Crippen LogP contribution in [0.4, 0.5) is 36.8 Å². The van der Waals surface area contributed by atoms with Gasteiger partial charge in [0.1, 0.15) is 6.73 Å². The topological polar surface area (TPSA) is 45.1 Å². The number of halogens is 7. The van der Waals surface area contributed by atoms with Gasteiger partial charge in [-0.2, -0.15) is 31.4 Å². The third-order valence-electron chi connectivity index (χ3n) is 6.38. The molecule has 12 heteroatoms. The fourth-order valence-corrected chi connectivity index (χ4v) is 4.68. The Kier molecular flexibility index (Phi) is 7.68. The molecule has 5 nitrogen and oxygen atoms in total. The SMILES string of the molecule is COCN(C(=O)N1CC(C)(c2ccccc2)C(c2ccc(C(F)(F)F)c(Cl)c2)=N1)c1ccc(C(F)(F)F)cc1. The van der Waals surface area contributed by atoms with Gasteiger partial charge in [0.25, 0.3) is 0 Å². The molecule has 0 radical (unpaired) electrons. The van der Waals surface area contributed by atoms with Crippen molar-refractivity contribution in [1.29, 1.82) is 0 Å². The molecule has 0 saturated carbocycles. The highest BCUT2D eigenvalue weighted by molar-refractivity contribution is 6.32. The first-order chi connectivity index (χ1) is 18.3. The van der Waals surface area contributed by atoms with Crippen LogP contribution in [0.2, 0.25) is 5.02 Å². The van der Waals surface area contributed by atoms with E-state index in [1.807, 2.05) is 0 Å². The maximum Gasteiger partial charge on any atom is 0.417 e. The standard InChI is InChI=1S/C27H22ClF6N3O2/c1-25(18-6-4-3-5-7-18)15-37(35-23(25)17-8-13-21(22(28)14-17)27(32,33)34)24(38)36(16-39-2)20-11-9-19(10-12-20)26(29,30)31/h3-14H,15-16H2,1-2H3. The van der Waals surface area contributed by atoms with Crippen LogP contribution in [0.5, 0.6) is 0 Å². The van der Waals surface area contributed by atoms with Gasteiger partial charge in [-0.3, -0.25) is 4.90 Å². The lowest BCUT2D eigenvalue weighted by molar-refractivity contribution is -0.138. The number of hydrogen-bond acceptors (Lipinski definition) is 3. The molecular weight excluding hydrogens is 548 g/mol. The van der Waals surface area contributed by atoms with E-state index in [4.69, 9.17) is 16.3 Å². The van der Waals surface area contributed by atoms with E-state index in [2.05, 4.69) is 5.10 Å². The van der Waals surface area contributed by atoms with Crippen LogP contribution in [0.15, 0.2) is 77.9 Å². The van der Waals surface area contributed by atoms with Crippen LogP contribution < -0.4 is 4.90 Å². The first-order valence-corrected chi connectivity index (χ1v) is 11.9. The summed E-state index contributed by atoms with van der Waals surface area (Å²) in [7, 11) is 1.32. The molecular formula is C27H22ClF6N3O2. The minimum Gasteiger partial charge on any atom is -0.364 e. The molecule has 0 N–H and O–H groups in total. The minimum absolute atomic E-state index is 0.00926. The van der Waals surface area contributed by atoms with Gasteiger partial charge in [0, 0.05) is 18.4 Å². The molecule has 1 heterocycles. The van der Waals surface area contributed by atoms with E-state index in [1.165, 1.54) is 13.2 Å². The van der Waals surface area contributed by atoms with Crippen molar-refractivity contribution in [3.05, 3.63) is 100 Å². The number of carbonyl (C=O) groups excluding carboxylic acids is 1. The van der Waals surface area contributed by atoms with Gasteiger partial charge in [0.15, 0.2) is 0 Å². The molecule has 1 aliphatic rings. The van der Waals surface area contributed by atoms with E-state index in [0.29, 0.717) is 5.71 Å². The highest BCUT2D eigenvalue weighted by Gasteiger charge is 2.44. The molecule has 3 aromatic carbocycles. The van der Waals surface area contributed by atoms with Gasteiger partial charge in [0.05, 0.1) is 33.8 Å². The summed E-state index contributed by atoms with van der Waals surface area (Å²) in [5.41, 5.74) is -1.40. The number of hydrazone groups is 1. The number of anilines is 1. The molecule has 0 fully saturated rings. The molecule has 0 aromatic heterocycles. The van der Waals surface area contributed by atoms with Crippen LogP contribution in [0, 0.1) is 0 Å². The molecule has 1 aliphatic heterocycles. The van der Waals surface area contributed by atoms with Gasteiger partial charge in [-0.15, -0.1) is 0 Å². The van der Waals surface area contributed by atoms with Crippen molar-refractivity contribution in [1.82, 2.24) is 5.01 Å². The predicted octanol–water partition coefficient (Wildman–Crippen LogP) is 7.59. The number of ether oxygens (including phenoxy) is 1. The number of urea groups is 1. The van der Waals surface area contributed by atoms with E-state index in [0.717, 1.165) is 51.9 Å². The zero-order chi connectivity index (χ0) is 28.6. The van der Waals surface area contributed by atoms with Crippen molar-refractivity contribution in [2.75, 3.05) is 25.3 Å². The normalized spacial score (nSPS) is 17.8. The van der Waals surface area contributed by atoms with Gasteiger partial charge in [-0.05, 0) is 48.9 Å². The lowest BCUT2D eigenvalue weighted by Crippen LogP contribution is -2.44. The summed E-state index contributed by atoms with van der Waals surface area (Å²) in [6.07, 6.45) is -9.21. The number of methoxy groups -OCH3 is 1. The van der Waals surface area contributed by atoms with Crippen LogP contribution in [0.3, 0.4) is 0 Å². The smallest absolute Gasteiger partial charge is 0.364 e. The van der Waals surface area contributed by atoms with Gasteiger partial charge in [-0.1, -0.05) is 48.0 Å². The number of rotatable bonds is 5. The van der Waals surface area contributed by atoms with Crippen LogP contribution >= 0.6 is 11.6 Å². The van der Waals surface area contributed by atoms with E-state index >= 15 is 0 Å². The summed E-state index contributed by atoms with van der Waals surface area (Å²) in [5.74, 6) is 0. The summed E-state index contributed by atoms with van der Waals surface area (Å²) >= 11 is 5.99. The molecule has 3 aromatic rings. The van der Waals surface area contributed by atoms with E-state index in [1.54, 1.807) is 37.3 Å². The summed E-state index contributed by atoms with van der Waals surface area (Å²) < 4.78 is 84.2. The number of nitrogens with zero attached hydrogens (tertiary/aromatic N) is 3. The Balaban J connectivity index is 1.76. The average Bonchev–Trinajstić information content (AvgIpc) is 3.25. The molecule has 1 atom stereocenters. The van der Waals surface area contributed by atoms with Gasteiger partial charge in [0.2, 0.25) is 0 Å². The summed E-state index contributed by atoms with van der Waals surface area (Å²) in [6.45, 7) is 1.49. The molecule has 4 rings (SSSR count). The minimum atomic E-state index is -4.65. The number of alkyl halides is 6. The second kappa shape index (κ2) is 10.5. The molecule has 2 amide bonds. The molecule has 39 heavy (non-hydrogen) atoms. The number of benzene rings is 3. The summed E-state index contributed by atoms with van der Waals surface area (Å²) in [4.78, 5) is 14.7. The Hall–Kier alpha value is -3.57. The van der Waals surface area contributed by atoms with Gasteiger partial charge >= 0.3 is 18.4 Å². The predicted molar refractivity (Wildman–Crippen MR) is 135 cm³/mol. The number of hydrogen-bond donors (Lipinski definition) is 0. The largest absolute Gasteiger partial charge is 0.417 e. The second-order valence-corrected chi connectivity index (χ2v) is 9.48.